The van der Waals surface area contributed by atoms with Crippen LogP contribution in [0.4, 0.5) is 13.2 Å². The van der Waals surface area contributed by atoms with E-state index >= 15 is 0 Å². The van der Waals surface area contributed by atoms with Gasteiger partial charge in [-0.1, -0.05) is 12.1 Å². The van der Waals surface area contributed by atoms with E-state index in [9.17, 15) is 27.6 Å². The van der Waals surface area contributed by atoms with Crippen molar-refractivity contribution in [3.63, 3.8) is 0 Å². The van der Waals surface area contributed by atoms with E-state index in [0.717, 1.165) is 11.1 Å². The SMILES string of the molecule is COC(=O)CCC(C(N)=O)N1Cc2c(CCc3cnc(-c4ccc(OC(F)(F)F)cc4)o3)cccc2C1=O. The third-order valence-electron chi connectivity index (χ3n) is 6.18. The summed E-state index contributed by atoms with van der Waals surface area (Å²) in [7, 11) is 1.24. The molecule has 1 aliphatic heterocycles. The summed E-state index contributed by atoms with van der Waals surface area (Å²) < 4.78 is 51.3. The zero-order chi connectivity index (χ0) is 27.4. The van der Waals surface area contributed by atoms with Gasteiger partial charge in [-0.2, -0.15) is 0 Å². The van der Waals surface area contributed by atoms with E-state index in [2.05, 4.69) is 14.5 Å². The monoisotopic (exact) mass is 531 g/mol. The molecule has 1 unspecified atom stereocenters. The second kappa shape index (κ2) is 11.0. The topological polar surface area (TPSA) is 125 Å². The Balaban J connectivity index is 1.43. The number of aromatic nitrogens is 1. The number of aryl methyl sites for hydroxylation is 2. The number of amides is 2. The lowest BCUT2D eigenvalue weighted by Gasteiger charge is -2.24. The van der Waals surface area contributed by atoms with Gasteiger partial charge in [0.1, 0.15) is 17.6 Å². The van der Waals surface area contributed by atoms with Crippen LogP contribution < -0.4 is 10.5 Å². The van der Waals surface area contributed by atoms with E-state index in [1.54, 1.807) is 12.1 Å². The predicted molar refractivity (Wildman–Crippen MR) is 127 cm³/mol. The number of benzene rings is 2. The number of alkyl halides is 3. The molecule has 0 saturated heterocycles. The summed E-state index contributed by atoms with van der Waals surface area (Å²) in [6, 6.07) is 9.53. The van der Waals surface area contributed by atoms with Crippen LogP contribution in [0.15, 0.2) is 53.1 Å². The lowest BCUT2D eigenvalue weighted by atomic mass is 9.99. The number of carbonyl (C=O) groups excluding carboxylic acids is 3. The highest BCUT2D eigenvalue weighted by Crippen LogP contribution is 2.30. The first kappa shape index (κ1) is 26.7. The number of esters is 1. The molecule has 4 rings (SSSR count). The number of fused-ring (bicyclic) bond motifs is 1. The largest absolute Gasteiger partial charge is 0.573 e. The molecule has 0 fully saturated rings. The summed E-state index contributed by atoms with van der Waals surface area (Å²) >= 11 is 0. The third kappa shape index (κ3) is 6.13. The number of nitrogens with two attached hydrogens (primary N) is 1. The van der Waals surface area contributed by atoms with Crippen molar-refractivity contribution in [1.82, 2.24) is 9.88 Å². The minimum absolute atomic E-state index is 0.0526. The first-order valence-corrected chi connectivity index (χ1v) is 11.6. The molecule has 0 saturated carbocycles. The van der Waals surface area contributed by atoms with Crippen molar-refractivity contribution in [2.45, 2.75) is 44.6 Å². The summed E-state index contributed by atoms with van der Waals surface area (Å²) in [6.45, 7) is 0.174. The molecule has 3 aromatic rings. The zero-order valence-corrected chi connectivity index (χ0v) is 20.3. The fourth-order valence-corrected chi connectivity index (χ4v) is 4.33. The van der Waals surface area contributed by atoms with Crippen LogP contribution in [0, 0.1) is 0 Å². The van der Waals surface area contributed by atoms with Crippen LogP contribution in [0.25, 0.3) is 11.5 Å². The van der Waals surface area contributed by atoms with Crippen LogP contribution >= 0.6 is 0 Å². The van der Waals surface area contributed by atoms with Gasteiger partial charge in [0.05, 0.1) is 13.3 Å². The van der Waals surface area contributed by atoms with Crippen molar-refractivity contribution in [2.75, 3.05) is 7.11 Å². The molecule has 9 nitrogen and oxygen atoms in total. The molecule has 2 N–H and O–H groups in total. The Hall–Kier alpha value is -4.35. The van der Waals surface area contributed by atoms with Gasteiger partial charge in [0.2, 0.25) is 11.8 Å². The molecule has 0 aliphatic carbocycles. The number of nitrogens with zero attached hydrogens (tertiary/aromatic N) is 2. The number of hydrogen-bond donors (Lipinski definition) is 1. The normalized spacial score (nSPS) is 13.8. The summed E-state index contributed by atoms with van der Waals surface area (Å²) in [6.07, 6.45) is -2.30. The molecule has 0 radical (unpaired) electrons. The Morgan fingerprint density at radius 3 is 2.55 bits per heavy atom. The van der Waals surface area contributed by atoms with E-state index in [0.29, 0.717) is 29.7 Å². The van der Waals surface area contributed by atoms with Crippen LogP contribution in [0.5, 0.6) is 5.75 Å². The molecule has 12 heteroatoms. The highest BCUT2D eigenvalue weighted by atomic mass is 19.4. The Morgan fingerprint density at radius 2 is 1.89 bits per heavy atom. The van der Waals surface area contributed by atoms with Crippen LogP contribution in [0.2, 0.25) is 0 Å². The maximum Gasteiger partial charge on any atom is 0.573 e. The predicted octanol–water partition coefficient (Wildman–Crippen LogP) is 3.79. The highest BCUT2D eigenvalue weighted by Gasteiger charge is 2.36. The summed E-state index contributed by atoms with van der Waals surface area (Å²) in [5.74, 6) is -1.11. The van der Waals surface area contributed by atoms with Crippen molar-refractivity contribution in [3.8, 4) is 17.2 Å². The lowest BCUT2D eigenvalue weighted by Crippen LogP contribution is -2.45. The second-order valence-electron chi connectivity index (χ2n) is 8.61. The highest BCUT2D eigenvalue weighted by molar-refractivity contribution is 6.01. The van der Waals surface area contributed by atoms with Crippen molar-refractivity contribution in [2.24, 2.45) is 5.73 Å². The number of rotatable bonds is 10. The summed E-state index contributed by atoms with van der Waals surface area (Å²) in [4.78, 5) is 42.2. The van der Waals surface area contributed by atoms with Gasteiger partial charge in [-0.05, 0) is 54.3 Å². The average Bonchev–Trinajstić information content (AvgIpc) is 3.47. The Kier molecular flexibility index (Phi) is 7.70. The Labute approximate surface area is 215 Å². The van der Waals surface area contributed by atoms with Crippen molar-refractivity contribution < 1.29 is 41.4 Å². The molecule has 200 valence electrons. The first-order chi connectivity index (χ1) is 18.1. The molecule has 1 atom stereocenters. The molecule has 2 heterocycles. The van der Waals surface area contributed by atoms with Crippen LogP contribution in [-0.4, -0.2) is 47.2 Å². The quantitative estimate of drug-likeness (QED) is 0.395. The molecule has 2 aromatic carbocycles. The van der Waals surface area contributed by atoms with Gasteiger partial charge in [0.15, 0.2) is 0 Å². The number of carbonyl (C=O) groups is 3. The molecular formula is C26H24F3N3O6. The van der Waals surface area contributed by atoms with Crippen LogP contribution in [0.1, 0.15) is 40.1 Å². The van der Waals surface area contributed by atoms with Gasteiger partial charge < -0.3 is 24.5 Å². The maximum absolute atomic E-state index is 13.0. The van der Waals surface area contributed by atoms with E-state index in [1.807, 2.05) is 6.07 Å². The molecule has 1 aliphatic rings. The van der Waals surface area contributed by atoms with Crippen LogP contribution in [0.3, 0.4) is 0 Å². The lowest BCUT2D eigenvalue weighted by molar-refractivity contribution is -0.274. The summed E-state index contributed by atoms with van der Waals surface area (Å²) in [5.41, 5.74) is 8.13. The van der Waals surface area contributed by atoms with Crippen molar-refractivity contribution in [1.29, 1.82) is 0 Å². The smallest absolute Gasteiger partial charge is 0.469 e. The first-order valence-electron chi connectivity index (χ1n) is 11.6. The standard InChI is InChI=1S/C26H24F3N3O6/c1-36-22(33)12-11-21(23(30)34)32-14-20-15(3-2-4-19(20)25(32)35)5-10-18-13-31-24(37-18)16-6-8-17(9-7-16)38-26(27,28)29/h2-4,6-9,13,21H,5,10-12,14H2,1H3,(H2,30,34). The fourth-order valence-electron chi connectivity index (χ4n) is 4.33. The molecule has 0 bridgehead atoms. The second-order valence-corrected chi connectivity index (χ2v) is 8.61. The zero-order valence-electron chi connectivity index (χ0n) is 20.3. The summed E-state index contributed by atoms with van der Waals surface area (Å²) in [5, 5.41) is 0. The van der Waals surface area contributed by atoms with E-state index in [-0.39, 0.29) is 36.9 Å². The van der Waals surface area contributed by atoms with Gasteiger partial charge in [0, 0.05) is 30.5 Å². The molecule has 2 amide bonds. The number of ether oxygens (including phenoxy) is 2. The maximum atomic E-state index is 13.0. The number of hydrogen-bond acceptors (Lipinski definition) is 7. The van der Waals surface area contributed by atoms with Gasteiger partial charge >= 0.3 is 12.3 Å². The molecule has 1 aromatic heterocycles. The average molecular weight is 531 g/mol. The van der Waals surface area contributed by atoms with Crippen LogP contribution in [-0.2, 0) is 33.7 Å². The number of oxazole rings is 1. The van der Waals surface area contributed by atoms with Gasteiger partial charge in [0.25, 0.3) is 5.91 Å². The third-order valence-corrected chi connectivity index (χ3v) is 6.18. The van der Waals surface area contributed by atoms with Crippen molar-refractivity contribution >= 4 is 17.8 Å². The Bertz CT molecular complexity index is 1340. The minimum atomic E-state index is -4.78. The van der Waals surface area contributed by atoms with E-state index in [4.69, 9.17) is 10.2 Å². The molecular weight excluding hydrogens is 507 g/mol. The van der Waals surface area contributed by atoms with Crippen molar-refractivity contribution in [3.05, 3.63) is 71.1 Å². The fraction of sp³-hybridized carbons (Fsp3) is 0.308. The van der Waals surface area contributed by atoms with E-state index < -0.39 is 24.3 Å². The number of halogens is 3. The van der Waals surface area contributed by atoms with Gasteiger partial charge in [-0.3, -0.25) is 14.4 Å². The Morgan fingerprint density at radius 1 is 1.16 bits per heavy atom. The molecule has 0 spiro atoms. The number of primary amides is 1. The van der Waals surface area contributed by atoms with Gasteiger partial charge in [-0.15, -0.1) is 13.2 Å². The minimum Gasteiger partial charge on any atom is -0.469 e. The van der Waals surface area contributed by atoms with E-state index in [1.165, 1.54) is 42.5 Å². The number of methoxy groups -OCH3 is 1. The molecule has 38 heavy (non-hydrogen) atoms. The van der Waals surface area contributed by atoms with Gasteiger partial charge in [-0.25, -0.2) is 4.98 Å².